The van der Waals surface area contributed by atoms with Crippen molar-refractivity contribution in [3.05, 3.63) is 34.9 Å². The van der Waals surface area contributed by atoms with Crippen LogP contribution >= 0.6 is 0 Å². The van der Waals surface area contributed by atoms with Gasteiger partial charge in [0.2, 0.25) is 0 Å². The van der Waals surface area contributed by atoms with Gasteiger partial charge in [-0.25, -0.2) is 0 Å². The van der Waals surface area contributed by atoms with Crippen LogP contribution in [0.3, 0.4) is 0 Å². The van der Waals surface area contributed by atoms with E-state index in [9.17, 15) is 0 Å². The molecule has 1 aliphatic carbocycles. The fourth-order valence-corrected chi connectivity index (χ4v) is 2.05. The van der Waals surface area contributed by atoms with E-state index in [1.807, 2.05) is 6.92 Å². The lowest BCUT2D eigenvalue weighted by Crippen LogP contribution is -2.34. The molecule has 1 aliphatic rings. The molecule has 0 saturated heterocycles. The van der Waals surface area contributed by atoms with Crippen LogP contribution in [0.2, 0.25) is 0 Å². The predicted octanol–water partition coefficient (Wildman–Crippen LogP) is 4.50. The lowest BCUT2D eigenvalue weighted by Gasteiger charge is -2.44. The van der Waals surface area contributed by atoms with Gasteiger partial charge in [-0.2, -0.15) is 0 Å². The topological polar surface area (TPSA) is 0 Å². The highest BCUT2D eigenvalue weighted by Crippen LogP contribution is 2.50. The first kappa shape index (κ1) is 12.8. The Balaban J connectivity index is 3.33. The van der Waals surface area contributed by atoms with Gasteiger partial charge in [0.05, 0.1) is 0 Å². The molecule has 0 aliphatic heterocycles. The van der Waals surface area contributed by atoms with Gasteiger partial charge in [-0.05, 0) is 35.8 Å². The summed E-state index contributed by atoms with van der Waals surface area (Å²) in [5, 5.41) is 0. The van der Waals surface area contributed by atoms with E-state index in [2.05, 4.69) is 58.8 Å². The van der Waals surface area contributed by atoms with E-state index >= 15 is 0 Å². The molecule has 0 heteroatoms. The molecule has 0 radical (unpaired) electrons. The lowest BCUT2D eigenvalue weighted by molar-refractivity contribution is 0.214. The highest BCUT2D eigenvalue weighted by Gasteiger charge is 2.40. The predicted molar refractivity (Wildman–Crippen MR) is 72.0 cm³/mol. The Morgan fingerprint density at radius 1 is 1.19 bits per heavy atom. The van der Waals surface area contributed by atoms with E-state index in [1.54, 1.807) is 0 Å². The summed E-state index contributed by atoms with van der Waals surface area (Å²) < 4.78 is 0. The van der Waals surface area contributed by atoms with Gasteiger partial charge in [0.25, 0.3) is 0 Å². The standard InChI is InChI=1S/C16H22/c1-8-12(2)13(3)14-10-9-11-15(4,5)16(14,6)7/h1,9-11H,2-7H3. The van der Waals surface area contributed by atoms with Crippen LogP contribution in [0.5, 0.6) is 0 Å². The Kier molecular flexibility index (Phi) is 3.20. The van der Waals surface area contributed by atoms with Crippen molar-refractivity contribution in [1.82, 2.24) is 0 Å². The highest BCUT2D eigenvalue weighted by atomic mass is 14.4. The zero-order valence-corrected chi connectivity index (χ0v) is 11.3. The molecule has 1 rings (SSSR count). The first-order chi connectivity index (χ1) is 7.24. The summed E-state index contributed by atoms with van der Waals surface area (Å²) in [5.74, 6) is 2.74. The molecule has 0 aromatic carbocycles. The SMILES string of the molecule is C#CC(C)=C(C)C1=CC=CC(C)(C)C1(C)C. The molecule has 0 heterocycles. The van der Waals surface area contributed by atoms with Gasteiger partial charge in [-0.15, -0.1) is 6.42 Å². The molecular formula is C16H22. The molecule has 86 valence electrons. The molecule has 0 nitrogen and oxygen atoms in total. The summed E-state index contributed by atoms with van der Waals surface area (Å²) in [7, 11) is 0. The van der Waals surface area contributed by atoms with E-state index in [0.29, 0.717) is 0 Å². The number of rotatable bonds is 1. The molecule has 0 amide bonds. The Morgan fingerprint density at radius 2 is 1.75 bits per heavy atom. The maximum atomic E-state index is 5.48. The average molecular weight is 214 g/mol. The minimum atomic E-state index is 0.115. The van der Waals surface area contributed by atoms with E-state index < -0.39 is 0 Å². The van der Waals surface area contributed by atoms with Gasteiger partial charge in [-0.3, -0.25) is 0 Å². The Labute approximate surface area is 100 Å². The van der Waals surface area contributed by atoms with E-state index in [-0.39, 0.29) is 10.8 Å². The van der Waals surface area contributed by atoms with Crippen molar-refractivity contribution in [2.24, 2.45) is 10.8 Å². The zero-order valence-electron chi connectivity index (χ0n) is 11.3. The fourth-order valence-electron chi connectivity index (χ4n) is 2.05. The largest absolute Gasteiger partial charge is 0.115 e. The van der Waals surface area contributed by atoms with Crippen molar-refractivity contribution in [1.29, 1.82) is 0 Å². The zero-order chi connectivity index (χ0) is 12.6. The molecule has 0 N–H and O–H groups in total. The maximum absolute atomic E-state index is 5.48. The monoisotopic (exact) mass is 214 g/mol. The van der Waals surface area contributed by atoms with Crippen LogP contribution in [0.1, 0.15) is 41.5 Å². The third-order valence-electron chi connectivity index (χ3n) is 4.24. The molecule has 0 bridgehead atoms. The molecule has 0 aromatic heterocycles. The molecule has 0 atom stereocenters. The summed E-state index contributed by atoms with van der Waals surface area (Å²) in [6, 6.07) is 0. The third-order valence-corrected chi connectivity index (χ3v) is 4.24. The molecule has 0 spiro atoms. The van der Waals surface area contributed by atoms with Crippen molar-refractivity contribution in [3.8, 4) is 12.3 Å². The van der Waals surface area contributed by atoms with Gasteiger partial charge >= 0.3 is 0 Å². The Hall–Kier alpha value is -1.22. The second-order valence-corrected chi connectivity index (χ2v) is 5.68. The van der Waals surface area contributed by atoms with Crippen molar-refractivity contribution >= 4 is 0 Å². The highest BCUT2D eigenvalue weighted by molar-refractivity contribution is 5.48. The molecule has 0 unspecified atom stereocenters. The van der Waals surface area contributed by atoms with Crippen molar-refractivity contribution < 1.29 is 0 Å². The first-order valence-electron chi connectivity index (χ1n) is 5.78. The molecule has 0 saturated carbocycles. The third kappa shape index (κ3) is 1.87. The van der Waals surface area contributed by atoms with E-state index in [0.717, 1.165) is 5.57 Å². The smallest absolute Gasteiger partial charge is 0.00187 e. The van der Waals surface area contributed by atoms with Crippen LogP contribution in [0.4, 0.5) is 0 Å². The second kappa shape index (κ2) is 3.98. The quantitative estimate of drug-likeness (QED) is 0.564. The Bertz CT molecular complexity index is 417. The number of allylic oxidation sites excluding steroid dienone is 6. The summed E-state index contributed by atoms with van der Waals surface area (Å²) in [5.41, 5.74) is 3.91. The van der Waals surface area contributed by atoms with Crippen LogP contribution in [-0.2, 0) is 0 Å². The maximum Gasteiger partial charge on any atom is 0.00187 e. The van der Waals surface area contributed by atoms with Gasteiger partial charge in [0, 0.05) is 5.57 Å². The van der Waals surface area contributed by atoms with Gasteiger partial charge < -0.3 is 0 Å². The summed E-state index contributed by atoms with van der Waals surface area (Å²) in [6.07, 6.45) is 12.1. The fraction of sp³-hybridized carbons (Fsp3) is 0.500. The Morgan fingerprint density at radius 3 is 2.25 bits per heavy atom. The summed E-state index contributed by atoms with van der Waals surface area (Å²) in [6.45, 7) is 13.3. The second-order valence-electron chi connectivity index (χ2n) is 5.68. The number of terminal acetylenes is 1. The normalized spacial score (nSPS) is 23.2. The van der Waals surface area contributed by atoms with Gasteiger partial charge in [0.15, 0.2) is 0 Å². The lowest BCUT2D eigenvalue weighted by atomic mass is 9.60. The van der Waals surface area contributed by atoms with E-state index in [4.69, 9.17) is 6.42 Å². The average Bonchev–Trinajstić information content (AvgIpc) is 2.20. The molecule has 16 heavy (non-hydrogen) atoms. The van der Waals surface area contributed by atoms with Crippen LogP contribution in [-0.4, -0.2) is 0 Å². The number of hydrogen-bond acceptors (Lipinski definition) is 0. The summed E-state index contributed by atoms with van der Waals surface area (Å²) in [4.78, 5) is 0. The minimum Gasteiger partial charge on any atom is -0.115 e. The molecular weight excluding hydrogens is 192 g/mol. The first-order valence-corrected chi connectivity index (χ1v) is 5.78. The van der Waals surface area contributed by atoms with Crippen LogP contribution in [0.25, 0.3) is 0 Å². The van der Waals surface area contributed by atoms with Gasteiger partial charge in [0.1, 0.15) is 0 Å². The van der Waals surface area contributed by atoms with Crippen LogP contribution in [0, 0.1) is 23.2 Å². The molecule has 0 aromatic rings. The van der Waals surface area contributed by atoms with Crippen molar-refractivity contribution in [2.75, 3.05) is 0 Å². The summed E-state index contributed by atoms with van der Waals surface area (Å²) >= 11 is 0. The minimum absolute atomic E-state index is 0.115. The van der Waals surface area contributed by atoms with Crippen LogP contribution in [0.15, 0.2) is 34.9 Å². The van der Waals surface area contributed by atoms with Crippen molar-refractivity contribution in [2.45, 2.75) is 41.5 Å². The van der Waals surface area contributed by atoms with Gasteiger partial charge in [-0.1, -0.05) is 51.8 Å². The molecule has 0 fully saturated rings. The van der Waals surface area contributed by atoms with Crippen molar-refractivity contribution in [3.63, 3.8) is 0 Å². The van der Waals surface area contributed by atoms with Crippen LogP contribution < -0.4 is 0 Å². The number of hydrogen-bond donors (Lipinski definition) is 0. The van der Waals surface area contributed by atoms with E-state index in [1.165, 1.54) is 11.1 Å².